The maximum atomic E-state index is 5.58. The van der Waals surface area contributed by atoms with Crippen LogP contribution in [-0.4, -0.2) is 6.54 Å². The van der Waals surface area contributed by atoms with Crippen molar-refractivity contribution in [1.82, 2.24) is 5.32 Å². The molecule has 1 aliphatic rings. The van der Waals surface area contributed by atoms with E-state index in [1.807, 2.05) is 0 Å². The van der Waals surface area contributed by atoms with Crippen molar-refractivity contribution < 1.29 is 0 Å². The first kappa shape index (κ1) is 10.7. The van der Waals surface area contributed by atoms with E-state index in [9.17, 15) is 0 Å². The maximum absolute atomic E-state index is 5.58. The van der Waals surface area contributed by atoms with Crippen LogP contribution in [-0.2, 0) is 6.54 Å². The summed E-state index contributed by atoms with van der Waals surface area (Å²) in [5.74, 6) is 0.838. The summed E-state index contributed by atoms with van der Waals surface area (Å²) in [6, 6.07) is 9.23. The number of hydrogen-bond donors (Lipinski definition) is 2. The van der Waals surface area contributed by atoms with Crippen molar-refractivity contribution in [1.29, 1.82) is 0 Å². The van der Waals surface area contributed by atoms with Gasteiger partial charge in [-0.25, -0.2) is 0 Å². The van der Waals surface area contributed by atoms with Crippen molar-refractivity contribution in [2.24, 2.45) is 11.7 Å². The molecule has 1 aliphatic heterocycles. The minimum Gasteiger partial charge on any atom is -0.326 e. The Hall–Kier alpha value is -0.860. The normalized spacial score (nSPS) is 26.5. The summed E-state index contributed by atoms with van der Waals surface area (Å²) in [4.78, 5) is 0. The van der Waals surface area contributed by atoms with Gasteiger partial charge in [-0.2, -0.15) is 0 Å². The van der Waals surface area contributed by atoms with Gasteiger partial charge in [0.15, 0.2) is 0 Å². The number of hydrogen-bond acceptors (Lipinski definition) is 2. The molecule has 2 nitrogen and oxygen atoms in total. The molecule has 2 heteroatoms. The zero-order valence-electron chi connectivity index (χ0n) is 9.37. The molecule has 0 bridgehead atoms. The van der Waals surface area contributed by atoms with Crippen molar-refractivity contribution in [3.8, 4) is 0 Å². The highest BCUT2D eigenvalue weighted by Gasteiger charge is 2.19. The summed E-state index contributed by atoms with van der Waals surface area (Å²) < 4.78 is 0. The van der Waals surface area contributed by atoms with E-state index < -0.39 is 0 Å². The number of nitrogens with one attached hydrogen (secondary N) is 1. The highest BCUT2D eigenvalue weighted by Crippen LogP contribution is 2.26. The van der Waals surface area contributed by atoms with Crippen LogP contribution in [0.3, 0.4) is 0 Å². The Morgan fingerprint density at radius 1 is 1.33 bits per heavy atom. The molecule has 0 radical (unpaired) electrons. The van der Waals surface area contributed by atoms with Crippen molar-refractivity contribution in [3.63, 3.8) is 0 Å². The third-order valence-corrected chi connectivity index (χ3v) is 3.28. The highest BCUT2D eigenvalue weighted by atomic mass is 14.9. The fourth-order valence-corrected chi connectivity index (χ4v) is 2.25. The fraction of sp³-hybridized carbons (Fsp3) is 0.538. The van der Waals surface area contributed by atoms with Crippen molar-refractivity contribution in [2.75, 3.05) is 6.54 Å². The summed E-state index contributed by atoms with van der Waals surface area (Å²) in [7, 11) is 0. The molecule has 82 valence electrons. The Labute approximate surface area is 91.9 Å². The van der Waals surface area contributed by atoms with Crippen LogP contribution >= 0.6 is 0 Å². The number of nitrogens with two attached hydrogens (primary N) is 1. The molecule has 2 unspecified atom stereocenters. The molecule has 2 atom stereocenters. The summed E-state index contributed by atoms with van der Waals surface area (Å²) in [6.45, 7) is 4.11. The van der Waals surface area contributed by atoms with E-state index in [1.54, 1.807) is 0 Å². The van der Waals surface area contributed by atoms with Gasteiger partial charge in [-0.15, -0.1) is 0 Å². The quantitative estimate of drug-likeness (QED) is 0.775. The molecular weight excluding hydrogens is 184 g/mol. The summed E-state index contributed by atoms with van der Waals surface area (Å²) in [6.07, 6.45) is 2.55. The van der Waals surface area contributed by atoms with E-state index in [2.05, 4.69) is 36.5 Å². The maximum Gasteiger partial charge on any atom is 0.0322 e. The molecule has 1 fully saturated rings. The van der Waals surface area contributed by atoms with Crippen LogP contribution in [0.5, 0.6) is 0 Å². The zero-order valence-corrected chi connectivity index (χ0v) is 9.37. The van der Waals surface area contributed by atoms with E-state index in [0.29, 0.717) is 12.6 Å². The van der Waals surface area contributed by atoms with Gasteiger partial charge >= 0.3 is 0 Å². The Balaban J connectivity index is 2.07. The lowest BCUT2D eigenvalue weighted by atomic mass is 9.90. The second-order valence-corrected chi connectivity index (χ2v) is 4.58. The zero-order chi connectivity index (χ0) is 10.7. The van der Waals surface area contributed by atoms with E-state index in [-0.39, 0.29) is 0 Å². The molecule has 0 aliphatic carbocycles. The first-order valence-corrected chi connectivity index (χ1v) is 5.82. The Bertz CT molecular complexity index is 305. The number of rotatable bonds is 2. The van der Waals surface area contributed by atoms with Crippen LogP contribution in [0.4, 0.5) is 0 Å². The monoisotopic (exact) mass is 204 g/mol. The topological polar surface area (TPSA) is 38.0 Å². The van der Waals surface area contributed by atoms with E-state index in [4.69, 9.17) is 5.73 Å². The second-order valence-electron chi connectivity index (χ2n) is 4.58. The minimum atomic E-state index is 0.542. The smallest absolute Gasteiger partial charge is 0.0322 e. The van der Waals surface area contributed by atoms with Crippen LogP contribution in [0.15, 0.2) is 24.3 Å². The molecule has 15 heavy (non-hydrogen) atoms. The predicted molar refractivity (Wildman–Crippen MR) is 63.5 cm³/mol. The van der Waals surface area contributed by atoms with Crippen molar-refractivity contribution >= 4 is 0 Å². The second kappa shape index (κ2) is 4.77. The molecule has 2 rings (SSSR count). The molecule has 3 N–H and O–H groups in total. The molecule has 0 amide bonds. The average molecular weight is 204 g/mol. The van der Waals surface area contributed by atoms with Crippen LogP contribution in [0.1, 0.15) is 36.9 Å². The van der Waals surface area contributed by atoms with Crippen molar-refractivity contribution in [3.05, 3.63) is 35.4 Å². The third-order valence-electron chi connectivity index (χ3n) is 3.28. The van der Waals surface area contributed by atoms with E-state index in [1.165, 1.54) is 24.0 Å². The van der Waals surface area contributed by atoms with Gasteiger partial charge in [0.1, 0.15) is 0 Å². The summed E-state index contributed by atoms with van der Waals surface area (Å²) in [5.41, 5.74) is 8.20. The van der Waals surface area contributed by atoms with Crippen molar-refractivity contribution in [2.45, 2.75) is 32.4 Å². The number of benzene rings is 1. The van der Waals surface area contributed by atoms with E-state index in [0.717, 1.165) is 12.5 Å². The number of piperidine rings is 1. The average Bonchev–Trinajstić information content (AvgIpc) is 2.29. The lowest BCUT2D eigenvalue weighted by Gasteiger charge is -2.28. The summed E-state index contributed by atoms with van der Waals surface area (Å²) in [5, 5.41) is 3.57. The first-order valence-electron chi connectivity index (χ1n) is 5.82. The first-order chi connectivity index (χ1) is 7.29. The van der Waals surface area contributed by atoms with Gasteiger partial charge in [-0.3, -0.25) is 0 Å². The largest absolute Gasteiger partial charge is 0.326 e. The Morgan fingerprint density at radius 2 is 2.07 bits per heavy atom. The third kappa shape index (κ3) is 2.58. The molecule has 0 saturated carbocycles. The fourth-order valence-electron chi connectivity index (χ4n) is 2.25. The Kier molecular flexibility index (Phi) is 3.39. The van der Waals surface area contributed by atoms with Gasteiger partial charge in [-0.1, -0.05) is 31.2 Å². The molecule has 1 aromatic carbocycles. The highest BCUT2D eigenvalue weighted by molar-refractivity contribution is 5.25. The van der Waals surface area contributed by atoms with Crippen LogP contribution < -0.4 is 11.1 Å². The molecule has 1 heterocycles. The molecule has 0 spiro atoms. The predicted octanol–water partition coefficient (Wildman–Crippen LogP) is 2.21. The van der Waals surface area contributed by atoms with Gasteiger partial charge in [0.2, 0.25) is 0 Å². The van der Waals surface area contributed by atoms with Crippen LogP contribution in [0.2, 0.25) is 0 Å². The van der Waals surface area contributed by atoms with Gasteiger partial charge in [0.25, 0.3) is 0 Å². The van der Waals surface area contributed by atoms with Gasteiger partial charge in [-0.05, 0) is 36.4 Å². The molecule has 0 aromatic heterocycles. The minimum absolute atomic E-state index is 0.542. The van der Waals surface area contributed by atoms with Crippen LogP contribution in [0, 0.1) is 5.92 Å². The standard InChI is InChI=1S/C13H20N2/c1-10-6-7-15-13(8-10)12-4-2-11(9-14)3-5-12/h2-5,10,13,15H,6-9,14H2,1H3. The van der Waals surface area contributed by atoms with Crippen LogP contribution in [0.25, 0.3) is 0 Å². The molecule has 1 saturated heterocycles. The SMILES string of the molecule is CC1CCNC(c2ccc(CN)cc2)C1. The molecular formula is C13H20N2. The van der Waals surface area contributed by atoms with Gasteiger partial charge < -0.3 is 11.1 Å². The van der Waals surface area contributed by atoms with Gasteiger partial charge in [0, 0.05) is 12.6 Å². The lowest BCUT2D eigenvalue weighted by molar-refractivity contribution is 0.325. The Morgan fingerprint density at radius 3 is 2.67 bits per heavy atom. The van der Waals surface area contributed by atoms with E-state index >= 15 is 0 Å². The summed E-state index contributed by atoms with van der Waals surface area (Å²) >= 11 is 0. The lowest BCUT2D eigenvalue weighted by Crippen LogP contribution is -2.30. The molecule has 1 aromatic rings. The van der Waals surface area contributed by atoms with Gasteiger partial charge in [0.05, 0.1) is 0 Å².